The molecule has 0 radical (unpaired) electrons. The first-order chi connectivity index (χ1) is 7.86. The van der Waals surface area contributed by atoms with Crippen LogP contribution in [0.1, 0.15) is 38.5 Å². The van der Waals surface area contributed by atoms with Crippen LogP contribution in [0.25, 0.3) is 0 Å². The van der Waals surface area contributed by atoms with Gasteiger partial charge in [-0.25, -0.2) is 0 Å². The minimum atomic E-state index is 0.922. The third-order valence-electron chi connectivity index (χ3n) is 3.88. The van der Waals surface area contributed by atoms with Crippen LogP contribution in [-0.2, 0) is 4.79 Å². The molecule has 0 N–H and O–H groups in total. The molecule has 0 atom stereocenters. The number of rotatable bonds is 1. The molecule has 1 saturated heterocycles. The number of hydrogen-bond acceptors (Lipinski definition) is 3. The normalized spacial score (nSPS) is 25.6. The molecule has 0 aromatic rings. The third kappa shape index (κ3) is 4.22. The minimum absolute atomic E-state index is 0.922. The first kappa shape index (κ1) is 13.7. The van der Waals surface area contributed by atoms with Crippen molar-refractivity contribution in [2.24, 2.45) is 0 Å². The van der Waals surface area contributed by atoms with E-state index < -0.39 is 0 Å². The Kier molecular flexibility index (Phi) is 6.65. The quantitative estimate of drug-likeness (QED) is 0.637. The highest BCUT2D eigenvalue weighted by Crippen LogP contribution is 2.22. The number of carbonyl (C=O) groups is 1. The highest BCUT2D eigenvalue weighted by Gasteiger charge is 2.22. The molecule has 0 aromatic heterocycles. The van der Waals surface area contributed by atoms with Crippen molar-refractivity contribution < 1.29 is 4.79 Å². The lowest BCUT2D eigenvalue weighted by atomic mass is 10.1. The van der Waals surface area contributed by atoms with E-state index in [2.05, 4.69) is 16.8 Å². The van der Waals surface area contributed by atoms with Gasteiger partial charge in [-0.1, -0.05) is 25.7 Å². The van der Waals surface area contributed by atoms with Crippen molar-refractivity contribution in [2.45, 2.75) is 44.6 Å². The van der Waals surface area contributed by atoms with Crippen LogP contribution in [0.15, 0.2) is 0 Å². The van der Waals surface area contributed by atoms with Gasteiger partial charge < -0.3 is 9.69 Å². The molecule has 2 rings (SSSR count). The molecule has 3 heteroatoms. The van der Waals surface area contributed by atoms with Gasteiger partial charge in [0.15, 0.2) is 0 Å². The molecule has 1 saturated carbocycles. The van der Waals surface area contributed by atoms with Crippen molar-refractivity contribution in [3.05, 3.63) is 0 Å². The summed E-state index contributed by atoms with van der Waals surface area (Å²) in [6.07, 6.45) is 8.82. The lowest BCUT2D eigenvalue weighted by molar-refractivity contribution is -0.0979. The molecule has 16 heavy (non-hydrogen) atoms. The molecule has 0 spiro atoms. The van der Waals surface area contributed by atoms with Crippen LogP contribution in [0.3, 0.4) is 0 Å². The van der Waals surface area contributed by atoms with Gasteiger partial charge >= 0.3 is 0 Å². The Labute approximate surface area is 99.8 Å². The zero-order valence-electron chi connectivity index (χ0n) is 10.7. The first-order valence-electron chi connectivity index (χ1n) is 6.58. The average molecular weight is 226 g/mol. The van der Waals surface area contributed by atoms with Crippen LogP contribution in [0.2, 0.25) is 0 Å². The molecule has 0 unspecified atom stereocenters. The standard InChI is InChI=1S/C12H24N2.CH2O/c1-13-8-10-14(11-9-13)12-6-4-2-3-5-7-12;1-2/h12H,2-11H2,1H3;1H2. The molecule has 1 aliphatic carbocycles. The van der Waals surface area contributed by atoms with E-state index in [9.17, 15) is 0 Å². The third-order valence-corrected chi connectivity index (χ3v) is 3.88. The van der Waals surface area contributed by atoms with E-state index in [-0.39, 0.29) is 0 Å². The molecule has 94 valence electrons. The van der Waals surface area contributed by atoms with Crippen molar-refractivity contribution in [2.75, 3.05) is 33.2 Å². The summed E-state index contributed by atoms with van der Waals surface area (Å²) >= 11 is 0. The molecule has 2 aliphatic rings. The van der Waals surface area contributed by atoms with E-state index in [4.69, 9.17) is 4.79 Å². The van der Waals surface area contributed by atoms with Crippen LogP contribution in [0.5, 0.6) is 0 Å². The lowest BCUT2D eigenvalue weighted by Gasteiger charge is -2.37. The average Bonchev–Trinajstić information content (AvgIpc) is 2.61. The number of likely N-dealkylation sites (N-methyl/N-ethyl adjacent to an activating group) is 1. The van der Waals surface area contributed by atoms with Crippen LogP contribution >= 0.6 is 0 Å². The summed E-state index contributed by atoms with van der Waals surface area (Å²) in [6, 6.07) is 0.922. The van der Waals surface area contributed by atoms with Crippen LogP contribution in [0, 0.1) is 0 Å². The van der Waals surface area contributed by atoms with Crippen molar-refractivity contribution >= 4 is 6.79 Å². The second-order valence-corrected chi connectivity index (χ2v) is 4.98. The Morgan fingerprint density at radius 1 is 0.875 bits per heavy atom. The Morgan fingerprint density at radius 3 is 1.88 bits per heavy atom. The zero-order chi connectivity index (χ0) is 11.8. The predicted octanol–water partition coefficient (Wildman–Crippen LogP) is 1.77. The second-order valence-electron chi connectivity index (χ2n) is 4.98. The van der Waals surface area contributed by atoms with E-state index in [1.165, 1.54) is 64.7 Å². The van der Waals surface area contributed by atoms with E-state index in [0.717, 1.165) is 6.04 Å². The highest BCUT2D eigenvalue weighted by atomic mass is 16.1. The summed E-state index contributed by atoms with van der Waals surface area (Å²) in [5.41, 5.74) is 0. The Morgan fingerprint density at radius 2 is 1.38 bits per heavy atom. The van der Waals surface area contributed by atoms with E-state index in [1.54, 1.807) is 0 Å². The predicted molar refractivity (Wildman–Crippen MR) is 67.7 cm³/mol. The number of carbonyl (C=O) groups excluding carboxylic acids is 1. The van der Waals surface area contributed by atoms with Crippen molar-refractivity contribution in [1.29, 1.82) is 0 Å². The maximum Gasteiger partial charge on any atom is 0.106 e. The fraction of sp³-hybridized carbons (Fsp3) is 0.923. The summed E-state index contributed by atoms with van der Waals surface area (Å²) in [5.74, 6) is 0. The lowest BCUT2D eigenvalue weighted by Crippen LogP contribution is -2.48. The number of nitrogens with zero attached hydrogens (tertiary/aromatic N) is 2. The fourth-order valence-corrected chi connectivity index (χ4v) is 2.81. The highest BCUT2D eigenvalue weighted by molar-refractivity contribution is 5.10. The topological polar surface area (TPSA) is 23.6 Å². The van der Waals surface area contributed by atoms with Crippen molar-refractivity contribution in [1.82, 2.24) is 9.80 Å². The van der Waals surface area contributed by atoms with Gasteiger partial charge in [-0.3, -0.25) is 4.90 Å². The van der Waals surface area contributed by atoms with Gasteiger partial charge in [0.1, 0.15) is 6.79 Å². The number of hydrogen-bond donors (Lipinski definition) is 0. The molecule has 0 amide bonds. The van der Waals surface area contributed by atoms with Gasteiger partial charge in [0.05, 0.1) is 0 Å². The van der Waals surface area contributed by atoms with Crippen LogP contribution in [-0.4, -0.2) is 55.9 Å². The van der Waals surface area contributed by atoms with Gasteiger partial charge in [-0.15, -0.1) is 0 Å². The van der Waals surface area contributed by atoms with E-state index in [0.29, 0.717) is 0 Å². The molecule has 1 aliphatic heterocycles. The van der Waals surface area contributed by atoms with E-state index >= 15 is 0 Å². The van der Waals surface area contributed by atoms with Gasteiger partial charge in [-0.2, -0.15) is 0 Å². The summed E-state index contributed by atoms with van der Waals surface area (Å²) in [4.78, 5) is 13.2. The molecule has 0 bridgehead atoms. The summed E-state index contributed by atoms with van der Waals surface area (Å²) in [5, 5.41) is 0. The molecule has 1 heterocycles. The van der Waals surface area contributed by atoms with Crippen LogP contribution in [0.4, 0.5) is 0 Å². The van der Waals surface area contributed by atoms with Gasteiger partial charge in [0, 0.05) is 32.2 Å². The summed E-state index contributed by atoms with van der Waals surface area (Å²) < 4.78 is 0. The van der Waals surface area contributed by atoms with Crippen LogP contribution < -0.4 is 0 Å². The first-order valence-corrected chi connectivity index (χ1v) is 6.58. The molecule has 0 aromatic carbocycles. The largest absolute Gasteiger partial charge is 0.307 e. The summed E-state index contributed by atoms with van der Waals surface area (Å²) in [7, 11) is 2.24. The smallest absolute Gasteiger partial charge is 0.106 e. The monoisotopic (exact) mass is 226 g/mol. The fourth-order valence-electron chi connectivity index (χ4n) is 2.81. The number of piperazine rings is 1. The molecule has 3 nitrogen and oxygen atoms in total. The maximum atomic E-state index is 8.00. The minimum Gasteiger partial charge on any atom is -0.307 e. The zero-order valence-corrected chi connectivity index (χ0v) is 10.7. The Bertz CT molecular complexity index is 171. The molecular weight excluding hydrogens is 200 g/mol. The Balaban J connectivity index is 0.000000606. The Hall–Kier alpha value is -0.410. The van der Waals surface area contributed by atoms with Crippen molar-refractivity contribution in [3.63, 3.8) is 0 Å². The van der Waals surface area contributed by atoms with Gasteiger partial charge in [0.2, 0.25) is 0 Å². The van der Waals surface area contributed by atoms with Crippen molar-refractivity contribution in [3.8, 4) is 0 Å². The summed E-state index contributed by atoms with van der Waals surface area (Å²) in [6.45, 7) is 7.16. The van der Waals surface area contributed by atoms with Gasteiger partial charge in [-0.05, 0) is 19.9 Å². The SMILES string of the molecule is C=O.CN1CCN(C2CCCCCC2)CC1. The molecule has 2 fully saturated rings. The molecular formula is C13H26N2O. The van der Waals surface area contributed by atoms with Gasteiger partial charge in [0.25, 0.3) is 0 Å². The maximum absolute atomic E-state index is 8.00. The van der Waals surface area contributed by atoms with E-state index in [1.807, 2.05) is 6.79 Å². The second kappa shape index (κ2) is 7.80.